The molecule has 0 atom stereocenters. The van der Waals surface area contributed by atoms with Crippen LogP contribution in [0.4, 0.5) is 0 Å². The van der Waals surface area contributed by atoms with Crippen LogP contribution in [0.2, 0.25) is 0 Å². The Bertz CT molecular complexity index is 203. The van der Waals surface area contributed by atoms with Crippen LogP contribution >= 0.6 is 0 Å². The molecule has 0 spiro atoms. The standard InChI is InChI=1S/C7H10N2O2/c1-6(5-7(10)11)9-4-2-3-8/h5,9H,2,4H2,1H3,(H,10,11). The lowest BCUT2D eigenvalue weighted by atomic mass is 10.4. The fourth-order valence-corrected chi connectivity index (χ4v) is 0.552. The van der Waals surface area contributed by atoms with Crippen molar-refractivity contribution in [2.24, 2.45) is 0 Å². The van der Waals surface area contributed by atoms with Gasteiger partial charge in [0, 0.05) is 18.3 Å². The van der Waals surface area contributed by atoms with E-state index in [2.05, 4.69) is 5.32 Å². The lowest BCUT2D eigenvalue weighted by molar-refractivity contribution is -0.131. The maximum Gasteiger partial charge on any atom is 0.330 e. The van der Waals surface area contributed by atoms with Crippen LogP contribution in [-0.2, 0) is 4.79 Å². The molecule has 0 aromatic rings. The van der Waals surface area contributed by atoms with E-state index in [4.69, 9.17) is 10.4 Å². The van der Waals surface area contributed by atoms with Gasteiger partial charge in [-0.3, -0.25) is 0 Å². The van der Waals surface area contributed by atoms with Gasteiger partial charge in [-0.05, 0) is 6.92 Å². The molecule has 0 saturated heterocycles. The van der Waals surface area contributed by atoms with Gasteiger partial charge in [0.25, 0.3) is 0 Å². The van der Waals surface area contributed by atoms with Crippen LogP contribution in [0.15, 0.2) is 11.8 Å². The summed E-state index contributed by atoms with van der Waals surface area (Å²) in [5.74, 6) is -0.980. The second-order valence-corrected chi connectivity index (χ2v) is 2.00. The molecule has 2 N–H and O–H groups in total. The molecular weight excluding hydrogens is 144 g/mol. The second kappa shape index (κ2) is 5.30. The molecule has 0 aliphatic carbocycles. The van der Waals surface area contributed by atoms with E-state index in [0.717, 1.165) is 6.08 Å². The van der Waals surface area contributed by atoms with Gasteiger partial charge in [-0.25, -0.2) is 4.79 Å². The minimum absolute atomic E-state index is 0.380. The predicted octanol–water partition coefficient (Wildman–Crippen LogP) is 0.478. The smallest absolute Gasteiger partial charge is 0.330 e. The van der Waals surface area contributed by atoms with Crippen molar-refractivity contribution in [2.75, 3.05) is 6.54 Å². The number of rotatable bonds is 4. The van der Waals surface area contributed by atoms with Gasteiger partial charge in [-0.2, -0.15) is 5.26 Å². The number of hydrogen-bond acceptors (Lipinski definition) is 3. The fraction of sp³-hybridized carbons (Fsp3) is 0.429. The van der Waals surface area contributed by atoms with Crippen molar-refractivity contribution in [1.29, 1.82) is 5.26 Å². The Morgan fingerprint density at radius 3 is 2.91 bits per heavy atom. The molecule has 4 heteroatoms. The first kappa shape index (κ1) is 9.50. The highest BCUT2D eigenvalue weighted by Gasteiger charge is 1.91. The highest BCUT2D eigenvalue weighted by Crippen LogP contribution is 1.85. The molecular formula is C7H10N2O2. The molecule has 0 aliphatic heterocycles. The number of allylic oxidation sites excluding steroid dienone is 1. The Morgan fingerprint density at radius 2 is 2.45 bits per heavy atom. The Morgan fingerprint density at radius 1 is 1.82 bits per heavy atom. The maximum absolute atomic E-state index is 10.1. The quantitative estimate of drug-likeness (QED) is 0.456. The van der Waals surface area contributed by atoms with Gasteiger partial charge in [-0.15, -0.1) is 0 Å². The molecule has 0 aliphatic rings. The largest absolute Gasteiger partial charge is 0.478 e. The number of hydrogen-bond donors (Lipinski definition) is 2. The third-order valence-corrected chi connectivity index (χ3v) is 0.981. The molecule has 4 nitrogen and oxygen atoms in total. The zero-order valence-corrected chi connectivity index (χ0v) is 6.29. The van der Waals surface area contributed by atoms with Crippen molar-refractivity contribution in [3.8, 4) is 6.07 Å². The molecule has 11 heavy (non-hydrogen) atoms. The minimum Gasteiger partial charge on any atom is -0.478 e. The summed E-state index contributed by atoms with van der Waals surface area (Å²) >= 11 is 0. The van der Waals surface area contributed by atoms with Crippen LogP contribution in [0.1, 0.15) is 13.3 Å². The van der Waals surface area contributed by atoms with Crippen molar-refractivity contribution >= 4 is 5.97 Å². The number of carboxylic acids is 1. The molecule has 0 unspecified atom stereocenters. The van der Waals surface area contributed by atoms with Crippen molar-refractivity contribution in [1.82, 2.24) is 5.32 Å². The molecule has 0 aromatic heterocycles. The SMILES string of the molecule is CC(=CC(=O)O)NCCC#N. The normalized spacial score (nSPS) is 10.4. The van der Waals surface area contributed by atoms with E-state index < -0.39 is 5.97 Å². The average Bonchev–Trinajstić information content (AvgIpc) is 1.86. The minimum atomic E-state index is -0.980. The van der Waals surface area contributed by atoms with Gasteiger partial charge in [0.1, 0.15) is 0 Å². The molecule has 0 radical (unpaired) electrons. The van der Waals surface area contributed by atoms with Crippen molar-refractivity contribution in [2.45, 2.75) is 13.3 Å². The number of nitrogens with one attached hydrogen (secondary N) is 1. The summed E-state index contributed by atoms with van der Waals surface area (Å²) in [6.07, 6.45) is 1.45. The first-order valence-corrected chi connectivity index (χ1v) is 3.19. The Hall–Kier alpha value is -1.50. The van der Waals surface area contributed by atoms with E-state index in [1.165, 1.54) is 0 Å². The third kappa shape index (κ3) is 6.38. The van der Waals surface area contributed by atoms with E-state index in [1.807, 2.05) is 6.07 Å². The average molecular weight is 154 g/mol. The Labute approximate surface area is 65.1 Å². The van der Waals surface area contributed by atoms with Gasteiger partial charge in [0.2, 0.25) is 0 Å². The predicted molar refractivity (Wildman–Crippen MR) is 39.6 cm³/mol. The lowest BCUT2D eigenvalue weighted by Gasteiger charge is -2.00. The number of aliphatic carboxylic acids is 1. The summed E-state index contributed by atoms with van der Waals surface area (Å²) in [6, 6.07) is 1.94. The fourth-order valence-electron chi connectivity index (χ4n) is 0.552. The third-order valence-electron chi connectivity index (χ3n) is 0.981. The molecule has 0 bridgehead atoms. The number of carbonyl (C=O) groups is 1. The molecule has 0 amide bonds. The van der Waals surface area contributed by atoms with E-state index in [1.54, 1.807) is 6.92 Å². The summed E-state index contributed by atoms with van der Waals surface area (Å²) in [4.78, 5) is 10.1. The van der Waals surface area contributed by atoms with Crippen LogP contribution in [-0.4, -0.2) is 17.6 Å². The first-order chi connectivity index (χ1) is 5.16. The summed E-state index contributed by atoms with van der Waals surface area (Å²) in [5.41, 5.74) is 0.563. The van der Waals surface area contributed by atoms with Crippen LogP contribution in [0, 0.1) is 11.3 Å². The maximum atomic E-state index is 10.1. The summed E-state index contributed by atoms with van der Waals surface area (Å²) in [6.45, 7) is 2.14. The first-order valence-electron chi connectivity index (χ1n) is 3.19. The van der Waals surface area contributed by atoms with Gasteiger partial charge >= 0.3 is 5.97 Å². The number of nitrogens with zero attached hydrogens (tertiary/aromatic N) is 1. The Kier molecular flexibility index (Phi) is 4.58. The number of nitriles is 1. The number of carboxylic acid groups (broad SMARTS) is 1. The van der Waals surface area contributed by atoms with E-state index in [0.29, 0.717) is 18.7 Å². The summed E-state index contributed by atoms with van der Waals surface area (Å²) in [5, 5.41) is 19.2. The van der Waals surface area contributed by atoms with Gasteiger partial charge < -0.3 is 10.4 Å². The van der Waals surface area contributed by atoms with Gasteiger partial charge in [-0.1, -0.05) is 0 Å². The van der Waals surface area contributed by atoms with Crippen LogP contribution < -0.4 is 5.32 Å². The molecule has 0 fully saturated rings. The monoisotopic (exact) mass is 154 g/mol. The highest BCUT2D eigenvalue weighted by molar-refractivity contribution is 5.80. The highest BCUT2D eigenvalue weighted by atomic mass is 16.4. The second-order valence-electron chi connectivity index (χ2n) is 2.00. The zero-order valence-electron chi connectivity index (χ0n) is 6.29. The van der Waals surface area contributed by atoms with Crippen molar-refractivity contribution in [3.05, 3.63) is 11.8 Å². The van der Waals surface area contributed by atoms with Crippen LogP contribution in [0.5, 0.6) is 0 Å². The van der Waals surface area contributed by atoms with E-state index >= 15 is 0 Å². The molecule has 0 saturated carbocycles. The van der Waals surface area contributed by atoms with Crippen molar-refractivity contribution in [3.63, 3.8) is 0 Å². The summed E-state index contributed by atoms with van der Waals surface area (Å²) < 4.78 is 0. The molecule has 60 valence electrons. The van der Waals surface area contributed by atoms with Crippen LogP contribution in [0.3, 0.4) is 0 Å². The van der Waals surface area contributed by atoms with Crippen LogP contribution in [0.25, 0.3) is 0 Å². The zero-order chi connectivity index (χ0) is 8.69. The van der Waals surface area contributed by atoms with E-state index in [9.17, 15) is 4.79 Å². The molecule has 0 heterocycles. The van der Waals surface area contributed by atoms with Crippen molar-refractivity contribution < 1.29 is 9.90 Å². The molecule has 0 rings (SSSR count). The molecule has 0 aromatic carbocycles. The summed E-state index contributed by atoms with van der Waals surface area (Å²) in [7, 11) is 0. The Balaban J connectivity index is 3.61. The van der Waals surface area contributed by atoms with Gasteiger partial charge in [0.05, 0.1) is 12.5 Å². The van der Waals surface area contributed by atoms with E-state index in [-0.39, 0.29) is 0 Å². The topological polar surface area (TPSA) is 73.1 Å². The van der Waals surface area contributed by atoms with Gasteiger partial charge in [0.15, 0.2) is 0 Å². The lowest BCUT2D eigenvalue weighted by Crippen LogP contribution is -2.13.